The second-order valence-corrected chi connectivity index (χ2v) is 8.06. The van der Waals surface area contributed by atoms with Crippen molar-refractivity contribution in [1.29, 1.82) is 0 Å². The predicted octanol–water partition coefficient (Wildman–Crippen LogP) is -5.70. The lowest BCUT2D eigenvalue weighted by Gasteiger charge is -2.46. The number of aliphatic hydroxyl groups excluding tert-OH is 9. The molecule has 187 valence electrons. The van der Waals surface area contributed by atoms with E-state index >= 15 is 0 Å². The van der Waals surface area contributed by atoms with Crippen molar-refractivity contribution < 1.29 is 69.6 Å². The largest absolute Gasteiger partial charge is 0.394 e. The second-order valence-electron chi connectivity index (χ2n) is 8.06. The van der Waals surface area contributed by atoms with Gasteiger partial charge < -0.3 is 69.6 Å². The van der Waals surface area contributed by atoms with Crippen molar-refractivity contribution in [3.8, 4) is 0 Å². The summed E-state index contributed by atoms with van der Waals surface area (Å²) in [5, 5.41) is 89.4. The fraction of sp³-hybridized carbons (Fsp3) is 0.944. The van der Waals surface area contributed by atoms with E-state index in [-0.39, 0.29) is 0 Å². The Labute approximate surface area is 183 Å². The molecule has 0 spiro atoms. The van der Waals surface area contributed by atoms with Crippen molar-refractivity contribution in [1.82, 2.24) is 0 Å². The van der Waals surface area contributed by atoms with Crippen molar-refractivity contribution >= 4 is 0 Å². The molecule has 14 nitrogen and oxygen atoms in total. The zero-order valence-corrected chi connectivity index (χ0v) is 17.1. The van der Waals surface area contributed by atoms with Crippen LogP contribution in [0.5, 0.6) is 0 Å². The minimum absolute atomic E-state index is 0.622. The summed E-state index contributed by atoms with van der Waals surface area (Å²) in [6.45, 7) is 1.16. The molecule has 32 heavy (non-hydrogen) atoms. The Kier molecular flexibility index (Phi) is 8.79. The molecule has 0 unspecified atom stereocenters. The van der Waals surface area contributed by atoms with Crippen LogP contribution in [0.1, 0.15) is 6.92 Å². The van der Waals surface area contributed by atoms with Gasteiger partial charge in [0.1, 0.15) is 73.8 Å². The Balaban J connectivity index is 1.76. The molecule has 3 saturated heterocycles. The first kappa shape index (κ1) is 26.1. The van der Waals surface area contributed by atoms with Crippen LogP contribution < -0.4 is 0 Å². The maximum Gasteiger partial charge on any atom is 0.187 e. The molecule has 0 bridgehead atoms. The summed E-state index contributed by atoms with van der Waals surface area (Å²) < 4.78 is 27.1. The van der Waals surface area contributed by atoms with Gasteiger partial charge in [-0.1, -0.05) is 0 Å². The van der Waals surface area contributed by atoms with E-state index in [1.54, 1.807) is 0 Å². The molecule has 14 atom stereocenters. The van der Waals surface area contributed by atoms with Crippen LogP contribution in [0.15, 0.2) is 0 Å². The van der Waals surface area contributed by atoms with Gasteiger partial charge in [-0.05, 0) is 6.92 Å². The Morgan fingerprint density at radius 3 is 1.81 bits per heavy atom. The zero-order chi connectivity index (χ0) is 23.7. The molecule has 3 fully saturated rings. The molecule has 3 aliphatic heterocycles. The maximum atomic E-state index is 10.6. The standard InChI is InChI=1S/C18H31O14/c1-5-9(21)12(24)14(26)17(29-5)31-8-4-28-6(2-19)11(23)16(8)32-18-15(27)13(25)10(22)7(3-20)30-18/h4-27H,2-3H2,1H3/t5-,6+,7+,8+,9-,10+,11+,12+,13-,14+,15+,16+,17-,18-/m0/s1. The van der Waals surface area contributed by atoms with Crippen LogP contribution in [-0.4, -0.2) is 145 Å². The molecule has 0 aromatic heterocycles. The van der Waals surface area contributed by atoms with Crippen molar-refractivity contribution in [3.63, 3.8) is 0 Å². The van der Waals surface area contributed by atoms with E-state index in [4.69, 9.17) is 23.7 Å². The van der Waals surface area contributed by atoms with E-state index in [0.29, 0.717) is 0 Å². The minimum Gasteiger partial charge on any atom is -0.394 e. The van der Waals surface area contributed by atoms with Crippen LogP contribution in [0.2, 0.25) is 0 Å². The SMILES string of the molecule is C[C@@H]1O[C@@H](O[C@@H]2[CH]O[C@H](CO)[C@@H](O)[C@@H]2O[C@@H]2O[C@H](CO)[C@@H](O)[C@H](O)[C@H]2O)[C@H](O)[C@H](O)[C@H]1O. The summed E-state index contributed by atoms with van der Waals surface area (Å²) in [7, 11) is 0. The third-order valence-corrected chi connectivity index (χ3v) is 5.85. The monoisotopic (exact) mass is 471 g/mol. The molecule has 0 saturated carbocycles. The first-order valence-electron chi connectivity index (χ1n) is 10.2. The smallest absolute Gasteiger partial charge is 0.187 e. The predicted molar refractivity (Wildman–Crippen MR) is 98.1 cm³/mol. The quantitative estimate of drug-likeness (QED) is 0.176. The Hall–Kier alpha value is -0.560. The van der Waals surface area contributed by atoms with Crippen molar-refractivity contribution in [2.45, 2.75) is 92.8 Å². The van der Waals surface area contributed by atoms with Crippen molar-refractivity contribution in [2.24, 2.45) is 0 Å². The molecule has 0 aromatic rings. The first-order chi connectivity index (χ1) is 15.1. The van der Waals surface area contributed by atoms with E-state index in [1.165, 1.54) is 6.92 Å². The number of aliphatic hydroxyl groups is 9. The van der Waals surface area contributed by atoms with Crippen LogP contribution in [0.4, 0.5) is 0 Å². The van der Waals surface area contributed by atoms with E-state index in [1.807, 2.05) is 0 Å². The highest BCUT2D eigenvalue weighted by atomic mass is 16.7. The summed E-state index contributed by atoms with van der Waals surface area (Å²) in [6, 6.07) is 0. The van der Waals surface area contributed by atoms with Gasteiger partial charge in [0.05, 0.1) is 19.3 Å². The molecule has 9 N–H and O–H groups in total. The van der Waals surface area contributed by atoms with E-state index < -0.39 is 99.0 Å². The molecule has 0 aliphatic carbocycles. The van der Waals surface area contributed by atoms with E-state index in [2.05, 4.69) is 0 Å². The van der Waals surface area contributed by atoms with Crippen LogP contribution in [0.3, 0.4) is 0 Å². The second kappa shape index (κ2) is 10.8. The summed E-state index contributed by atoms with van der Waals surface area (Å²) in [5.74, 6) is 0. The minimum atomic E-state index is -1.77. The molecular formula is C18H31O14. The van der Waals surface area contributed by atoms with Gasteiger partial charge >= 0.3 is 0 Å². The topological polar surface area (TPSA) is 228 Å². The molecule has 3 aliphatic rings. The summed E-state index contributed by atoms with van der Waals surface area (Å²) >= 11 is 0. The van der Waals surface area contributed by atoms with Gasteiger partial charge in [-0.2, -0.15) is 0 Å². The number of ether oxygens (including phenoxy) is 5. The average Bonchev–Trinajstić information content (AvgIpc) is 2.78. The molecule has 1 radical (unpaired) electrons. The number of rotatable bonds is 6. The van der Waals surface area contributed by atoms with Gasteiger partial charge in [0.25, 0.3) is 0 Å². The van der Waals surface area contributed by atoms with Crippen molar-refractivity contribution in [2.75, 3.05) is 13.2 Å². The first-order valence-corrected chi connectivity index (χ1v) is 10.2. The van der Waals surface area contributed by atoms with Gasteiger partial charge in [0, 0.05) is 0 Å². The summed E-state index contributed by atoms with van der Waals surface area (Å²) in [5.41, 5.74) is 0. The summed E-state index contributed by atoms with van der Waals surface area (Å²) in [4.78, 5) is 0. The lowest BCUT2D eigenvalue weighted by Crippen LogP contribution is -2.64. The lowest BCUT2D eigenvalue weighted by atomic mass is 9.97. The number of hydrogen-bond acceptors (Lipinski definition) is 14. The third kappa shape index (κ3) is 5.08. The number of hydrogen-bond donors (Lipinski definition) is 9. The van der Waals surface area contributed by atoms with Crippen LogP contribution in [0, 0.1) is 6.61 Å². The van der Waals surface area contributed by atoms with E-state index in [0.717, 1.165) is 6.61 Å². The Morgan fingerprint density at radius 1 is 0.656 bits per heavy atom. The maximum absolute atomic E-state index is 10.6. The fourth-order valence-corrected chi connectivity index (χ4v) is 3.78. The van der Waals surface area contributed by atoms with Crippen LogP contribution >= 0.6 is 0 Å². The molecule has 0 aromatic carbocycles. The fourth-order valence-electron chi connectivity index (χ4n) is 3.78. The highest BCUT2D eigenvalue weighted by molar-refractivity contribution is 4.97. The zero-order valence-electron chi connectivity index (χ0n) is 17.1. The lowest BCUT2D eigenvalue weighted by molar-refractivity contribution is -0.354. The highest BCUT2D eigenvalue weighted by Crippen LogP contribution is 2.31. The van der Waals surface area contributed by atoms with Gasteiger partial charge in [-0.3, -0.25) is 0 Å². The van der Waals surface area contributed by atoms with Crippen molar-refractivity contribution in [3.05, 3.63) is 6.61 Å². The van der Waals surface area contributed by atoms with Gasteiger partial charge in [-0.15, -0.1) is 0 Å². The molecule has 3 heterocycles. The molecule has 0 amide bonds. The third-order valence-electron chi connectivity index (χ3n) is 5.85. The highest BCUT2D eigenvalue weighted by Gasteiger charge is 2.51. The molecular weight excluding hydrogens is 440 g/mol. The Morgan fingerprint density at radius 2 is 1.22 bits per heavy atom. The van der Waals surface area contributed by atoms with E-state index in [9.17, 15) is 46.0 Å². The molecule has 14 heteroatoms. The van der Waals surface area contributed by atoms with Gasteiger partial charge in [0.15, 0.2) is 12.6 Å². The van der Waals surface area contributed by atoms with Gasteiger partial charge in [-0.25, -0.2) is 0 Å². The van der Waals surface area contributed by atoms with Crippen LogP contribution in [-0.2, 0) is 23.7 Å². The van der Waals surface area contributed by atoms with Gasteiger partial charge in [0.2, 0.25) is 0 Å². The average molecular weight is 471 g/mol. The van der Waals surface area contributed by atoms with Crippen LogP contribution in [0.25, 0.3) is 0 Å². The molecule has 3 rings (SSSR count). The normalized spacial score (nSPS) is 52.7. The summed E-state index contributed by atoms with van der Waals surface area (Å²) in [6.07, 6.45) is -20.5. The Bertz CT molecular complexity index is 594.